The smallest absolute Gasteiger partial charge is 0.108 e. The van der Waals surface area contributed by atoms with Crippen LogP contribution in [0.15, 0.2) is 0 Å². The second-order valence-corrected chi connectivity index (χ2v) is 2.95. The highest BCUT2D eigenvalue weighted by Gasteiger charge is 2.37. The Labute approximate surface area is 66.2 Å². The summed E-state index contributed by atoms with van der Waals surface area (Å²) in [5, 5.41) is 20.9. The molecule has 1 unspecified atom stereocenters. The van der Waals surface area contributed by atoms with Crippen LogP contribution in [-0.4, -0.2) is 41.8 Å². The molecule has 0 amide bonds. The summed E-state index contributed by atoms with van der Waals surface area (Å²) in [6.45, 7) is 2.21. The average molecular weight is 161 g/mol. The maximum atomic E-state index is 8.93. The van der Waals surface area contributed by atoms with Gasteiger partial charge in [-0.25, -0.2) is 0 Å². The molecule has 66 valence electrons. The largest absolute Gasteiger partial charge is 0.394 e. The van der Waals surface area contributed by atoms with Crippen LogP contribution in [-0.2, 0) is 4.74 Å². The number of hydrogen-bond acceptors (Lipinski definition) is 4. The Hall–Kier alpha value is -0.160. The normalized spacial score (nSPS) is 29.2. The Bertz CT molecular complexity index is 125. The summed E-state index contributed by atoms with van der Waals surface area (Å²) in [6.07, 6.45) is 0.830. The van der Waals surface area contributed by atoms with Crippen LogP contribution in [0.2, 0.25) is 0 Å². The molecule has 0 bridgehead atoms. The highest BCUT2D eigenvalue weighted by Crippen LogP contribution is 2.15. The first-order valence-corrected chi connectivity index (χ1v) is 3.87. The average Bonchev–Trinajstić information content (AvgIpc) is 2.49. The minimum atomic E-state index is -0.610. The predicted molar refractivity (Wildman–Crippen MR) is 40.1 cm³/mol. The van der Waals surface area contributed by atoms with Crippen LogP contribution in [0.25, 0.3) is 0 Å². The molecule has 4 nitrogen and oxygen atoms in total. The quantitative estimate of drug-likeness (QED) is 0.500. The van der Waals surface area contributed by atoms with E-state index in [1.807, 2.05) is 6.92 Å². The summed E-state index contributed by atoms with van der Waals surface area (Å²) < 4.78 is 5.27. The van der Waals surface area contributed by atoms with E-state index in [0.29, 0.717) is 6.61 Å². The van der Waals surface area contributed by atoms with Crippen molar-refractivity contribution < 1.29 is 14.9 Å². The third-order valence-corrected chi connectivity index (χ3v) is 2.00. The Balaban J connectivity index is 2.48. The molecule has 11 heavy (non-hydrogen) atoms. The maximum absolute atomic E-state index is 8.93. The first-order valence-electron chi connectivity index (χ1n) is 3.87. The summed E-state index contributed by atoms with van der Waals surface area (Å²) in [5.41, 5.74) is -0.610. The molecule has 3 N–H and O–H groups in total. The van der Waals surface area contributed by atoms with E-state index in [1.54, 1.807) is 0 Å². The van der Waals surface area contributed by atoms with Crippen LogP contribution in [0.5, 0.6) is 0 Å². The molecule has 0 aliphatic carbocycles. The van der Waals surface area contributed by atoms with Gasteiger partial charge in [0, 0.05) is 0 Å². The third-order valence-electron chi connectivity index (χ3n) is 2.00. The summed E-state index contributed by atoms with van der Waals surface area (Å²) in [6, 6.07) is 0. The zero-order valence-electron chi connectivity index (χ0n) is 6.71. The Morgan fingerprint density at radius 3 is 2.45 bits per heavy atom. The standard InChI is InChI=1S/C7H15NO3/c1-2-6-8-7(3-9,4-10)5-11-6/h6,8-10H,2-5H2,1H3. The molecule has 1 heterocycles. The van der Waals surface area contributed by atoms with Crippen molar-refractivity contribution in [3.05, 3.63) is 0 Å². The van der Waals surface area contributed by atoms with Crippen LogP contribution in [0.4, 0.5) is 0 Å². The molecule has 0 spiro atoms. The molecule has 1 saturated heterocycles. The number of hydrogen-bond donors (Lipinski definition) is 3. The number of aliphatic hydroxyl groups excluding tert-OH is 2. The van der Waals surface area contributed by atoms with Crippen molar-refractivity contribution in [2.45, 2.75) is 25.1 Å². The highest BCUT2D eigenvalue weighted by molar-refractivity contribution is 4.92. The van der Waals surface area contributed by atoms with E-state index in [1.165, 1.54) is 0 Å². The van der Waals surface area contributed by atoms with E-state index in [4.69, 9.17) is 14.9 Å². The SMILES string of the molecule is CCC1NC(CO)(CO)CO1. The summed E-state index contributed by atoms with van der Waals surface area (Å²) in [4.78, 5) is 0. The Morgan fingerprint density at radius 2 is 2.18 bits per heavy atom. The first-order chi connectivity index (χ1) is 5.26. The van der Waals surface area contributed by atoms with Gasteiger partial charge in [0.2, 0.25) is 0 Å². The second kappa shape index (κ2) is 3.49. The van der Waals surface area contributed by atoms with Gasteiger partial charge in [0.05, 0.1) is 25.4 Å². The number of rotatable bonds is 3. The summed E-state index contributed by atoms with van der Waals surface area (Å²) in [7, 11) is 0. The lowest BCUT2D eigenvalue weighted by Crippen LogP contribution is -2.51. The van der Waals surface area contributed by atoms with Gasteiger partial charge in [0.25, 0.3) is 0 Å². The molecule has 1 aliphatic rings. The van der Waals surface area contributed by atoms with Gasteiger partial charge in [0.15, 0.2) is 0 Å². The summed E-state index contributed by atoms with van der Waals surface area (Å²) in [5.74, 6) is 0. The van der Waals surface area contributed by atoms with Crippen LogP contribution in [0, 0.1) is 0 Å². The van der Waals surface area contributed by atoms with Gasteiger partial charge in [-0.1, -0.05) is 6.92 Å². The fourth-order valence-electron chi connectivity index (χ4n) is 1.14. The fraction of sp³-hybridized carbons (Fsp3) is 1.00. The van der Waals surface area contributed by atoms with Crippen molar-refractivity contribution in [3.63, 3.8) is 0 Å². The zero-order chi connectivity index (χ0) is 8.32. The van der Waals surface area contributed by atoms with Gasteiger partial charge < -0.3 is 14.9 Å². The predicted octanol–water partition coefficient (Wildman–Crippen LogP) is -0.934. The summed E-state index contributed by atoms with van der Waals surface area (Å²) >= 11 is 0. The van der Waals surface area contributed by atoms with Crippen molar-refractivity contribution in [2.75, 3.05) is 19.8 Å². The van der Waals surface area contributed by atoms with E-state index < -0.39 is 5.54 Å². The van der Waals surface area contributed by atoms with Gasteiger partial charge in [-0.3, -0.25) is 5.32 Å². The molecule has 4 heteroatoms. The van der Waals surface area contributed by atoms with Gasteiger partial charge in [-0.05, 0) is 6.42 Å². The van der Waals surface area contributed by atoms with E-state index >= 15 is 0 Å². The van der Waals surface area contributed by atoms with E-state index in [0.717, 1.165) is 6.42 Å². The molecule has 0 aromatic rings. The van der Waals surface area contributed by atoms with Crippen molar-refractivity contribution in [1.82, 2.24) is 5.32 Å². The van der Waals surface area contributed by atoms with Crippen molar-refractivity contribution >= 4 is 0 Å². The van der Waals surface area contributed by atoms with E-state index in [9.17, 15) is 0 Å². The number of ether oxygens (including phenoxy) is 1. The molecular weight excluding hydrogens is 146 g/mol. The Morgan fingerprint density at radius 1 is 1.55 bits per heavy atom. The zero-order valence-corrected chi connectivity index (χ0v) is 6.71. The fourth-order valence-corrected chi connectivity index (χ4v) is 1.14. The van der Waals surface area contributed by atoms with Gasteiger partial charge in [-0.15, -0.1) is 0 Å². The lowest BCUT2D eigenvalue weighted by Gasteiger charge is -2.22. The second-order valence-electron chi connectivity index (χ2n) is 2.95. The molecule has 1 fully saturated rings. The molecule has 0 radical (unpaired) electrons. The first kappa shape index (κ1) is 8.93. The monoisotopic (exact) mass is 161 g/mol. The Kier molecular flexibility index (Phi) is 2.84. The van der Waals surface area contributed by atoms with E-state index in [-0.39, 0.29) is 19.4 Å². The molecule has 1 rings (SSSR count). The molecule has 0 aromatic heterocycles. The van der Waals surface area contributed by atoms with Crippen molar-refractivity contribution in [2.24, 2.45) is 0 Å². The van der Waals surface area contributed by atoms with Crippen molar-refractivity contribution in [3.8, 4) is 0 Å². The lowest BCUT2D eigenvalue weighted by atomic mass is 10.1. The van der Waals surface area contributed by atoms with Crippen LogP contribution in [0.3, 0.4) is 0 Å². The molecule has 0 aromatic carbocycles. The van der Waals surface area contributed by atoms with Crippen molar-refractivity contribution in [1.29, 1.82) is 0 Å². The van der Waals surface area contributed by atoms with Crippen LogP contribution < -0.4 is 5.32 Å². The molecular formula is C7H15NO3. The van der Waals surface area contributed by atoms with Crippen LogP contribution in [0.1, 0.15) is 13.3 Å². The maximum Gasteiger partial charge on any atom is 0.108 e. The number of nitrogens with one attached hydrogen (secondary N) is 1. The molecule has 0 saturated carbocycles. The highest BCUT2D eigenvalue weighted by atomic mass is 16.5. The van der Waals surface area contributed by atoms with E-state index in [2.05, 4.69) is 5.32 Å². The minimum absolute atomic E-state index is 0.0192. The van der Waals surface area contributed by atoms with Gasteiger partial charge >= 0.3 is 0 Å². The lowest BCUT2D eigenvalue weighted by molar-refractivity contribution is 0.0750. The van der Waals surface area contributed by atoms with Crippen LogP contribution >= 0.6 is 0 Å². The van der Waals surface area contributed by atoms with Gasteiger partial charge in [-0.2, -0.15) is 0 Å². The van der Waals surface area contributed by atoms with Gasteiger partial charge in [0.1, 0.15) is 6.23 Å². The molecule has 1 atom stereocenters. The molecule has 1 aliphatic heterocycles. The minimum Gasteiger partial charge on any atom is -0.394 e. The third kappa shape index (κ3) is 1.70. The number of aliphatic hydroxyl groups is 2. The topological polar surface area (TPSA) is 61.7 Å².